The van der Waals surface area contributed by atoms with Gasteiger partial charge in [-0.1, -0.05) is 32.1 Å². The van der Waals surface area contributed by atoms with Crippen molar-refractivity contribution in [3.8, 4) is 5.75 Å². The molecule has 0 fully saturated rings. The second-order valence-corrected chi connectivity index (χ2v) is 7.01. The summed E-state index contributed by atoms with van der Waals surface area (Å²) >= 11 is 6.36. The van der Waals surface area contributed by atoms with Gasteiger partial charge in [0.15, 0.2) is 0 Å². The molecule has 1 aliphatic carbocycles. The minimum atomic E-state index is 0.133. The molecule has 0 saturated carbocycles. The average Bonchev–Trinajstić information content (AvgIpc) is 2.25. The van der Waals surface area contributed by atoms with E-state index in [9.17, 15) is 0 Å². The fraction of sp³-hybridized carbons (Fsp3) is 0.529. The lowest BCUT2D eigenvalue weighted by Gasteiger charge is -2.32. The van der Waals surface area contributed by atoms with E-state index < -0.39 is 0 Å². The standard InChI is InChI=1S/C17H23ClO/c1-12(2)19-16-7-5-6-13(9-16)14-8-15(18)11-17(3,4)10-14/h5-9,12,15H,10-11H2,1-4H3. The van der Waals surface area contributed by atoms with Gasteiger partial charge in [-0.25, -0.2) is 0 Å². The summed E-state index contributed by atoms with van der Waals surface area (Å²) in [6, 6.07) is 8.33. The summed E-state index contributed by atoms with van der Waals surface area (Å²) in [6.45, 7) is 8.66. The molecule has 0 saturated heterocycles. The van der Waals surface area contributed by atoms with Crippen molar-refractivity contribution >= 4 is 17.2 Å². The Morgan fingerprint density at radius 2 is 2.05 bits per heavy atom. The maximum absolute atomic E-state index is 6.36. The summed E-state index contributed by atoms with van der Waals surface area (Å²) in [5.41, 5.74) is 2.84. The quantitative estimate of drug-likeness (QED) is 0.683. The number of benzene rings is 1. The molecule has 1 unspecified atom stereocenters. The van der Waals surface area contributed by atoms with Crippen LogP contribution in [0, 0.1) is 5.41 Å². The molecule has 1 aliphatic rings. The van der Waals surface area contributed by atoms with Gasteiger partial charge < -0.3 is 4.74 Å². The highest BCUT2D eigenvalue weighted by Gasteiger charge is 2.28. The number of halogens is 1. The molecule has 0 bridgehead atoms. The summed E-state index contributed by atoms with van der Waals surface area (Å²) in [7, 11) is 0. The molecule has 0 heterocycles. The van der Waals surface area contributed by atoms with Crippen molar-refractivity contribution in [3.05, 3.63) is 35.9 Å². The van der Waals surface area contributed by atoms with E-state index in [4.69, 9.17) is 16.3 Å². The van der Waals surface area contributed by atoms with Gasteiger partial charge in [0.1, 0.15) is 5.75 Å². The van der Waals surface area contributed by atoms with Crippen molar-refractivity contribution < 1.29 is 4.74 Å². The van der Waals surface area contributed by atoms with Crippen LogP contribution in [-0.2, 0) is 0 Å². The fourth-order valence-corrected chi connectivity index (χ4v) is 3.26. The second-order valence-electron chi connectivity index (χ2n) is 6.45. The third-order valence-electron chi connectivity index (χ3n) is 3.38. The Labute approximate surface area is 121 Å². The molecule has 2 rings (SSSR count). The Kier molecular flexibility index (Phi) is 4.25. The Balaban J connectivity index is 2.26. The normalized spacial score (nSPS) is 22.2. The zero-order valence-electron chi connectivity index (χ0n) is 12.2. The lowest BCUT2D eigenvalue weighted by atomic mass is 9.75. The molecule has 0 amide bonds. The lowest BCUT2D eigenvalue weighted by Crippen LogP contribution is -2.21. The Morgan fingerprint density at radius 1 is 1.32 bits per heavy atom. The number of hydrogen-bond donors (Lipinski definition) is 0. The summed E-state index contributed by atoms with van der Waals surface area (Å²) in [5.74, 6) is 0.933. The summed E-state index contributed by atoms with van der Waals surface area (Å²) < 4.78 is 5.76. The topological polar surface area (TPSA) is 9.23 Å². The van der Waals surface area contributed by atoms with Gasteiger partial charge in [-0.3, -0.25) is 0 Å². The van der Waals surface area contributed by atoms with Gasteiger partial charge in [0.05, 0.1) is 11.5 Å². The molecule has 0 radical (unpaired) electrons. The molecule has 1 nitrogen and oxygen atoms in total. The molecule has 1 atom stereocenters. The van der Waals surface area contributed by atoms with E-state index in [-0.39, 0.29) is 16.9 Å². The second kappa shape index (κ2) is 5.58. The number of rotatable bonds is 3. The van der Waals surface area contributed by atoms with E-state index in [1.165, 1.54) is 11.1 Å². The Morgan fingerprint density at radius 3 is 2.68 bits per heavy atom. The van der Waals surface area contributed by atoms with Gasteiger partial charge in [-0.2, -0.15) is 0 Å². The number of hydrogen-bond acceptors (Lipinski definition) is 1. The van der Waals surface area contributed by atoms with Crippen LogP contribution < -0.4 is 4.74 Å². The largest absolute Gasteiger partial charge is 0.491 e. The highest BCUT2D eigenvalue weighted by atomic mass is 35.5. The minimum absolute atomic E-state index is 0.133. The van der Waals surface area contributed by atoms with Gasteiger partial charge in [0.2, 0.25) is 0 Å². The predicted molar refractivity (Wildman–Crippen MR) is 82.8 cm³/mol. The van der Waals surface area contributed by atoms with E-state index >= 15 is 0 Å². The van der Waals surface area contributed by atoms with Crippen LogP contribution in [0.25, 0.3) is 5.57 Å². The van der Waals surface area contributed by atoms with Crippen LogP contribution in [0.1, 0.15) is 46.1 Å². The fourth-order valence-electron chi connectivity index (χ4n) is 2.69. The first-order valence-electron chi connectivity index (χ1n) is 6.98. The summed E-state index contributed by atoms with van der Waals surface area (Å²) in [5, 5.41) is 0.133. The molecule has 2 heteroatoms. The first-order chi connectivity index (χ1) is 8.85. The van der Waals surface area contributed by atoms with Crippen molar-refractivity contribution in [1.29, 1.82) is 0 Å². The SMILES string of the molecule is CC(C)Oc1cccc(C2=CC(Cl)CC(C)(C)C2)c1. The van der Waals surface area contributed by atoms with E-state index in [0.717, 1.165) is 18.6 Å². The molecule has 19 heavy (non-hydrogen) atoms. The van der Waals surface area contributed by atoms with Crippen molar-refractivity contribution in [1.82, 2.24) is 0 Å². The van der Waals surface area contributed by atoms with E-state index in [0.29, 0.717) is 0 Å². The van der Waals surface area contributed by atoms with Crippen molar-refractivity contribution in [2.24, 2.45) is 5.41 Å². The molecule has 0 spiro atoms. The zero-order valence-corrected chi connectivity index (χ0v) is 13.0. The van der Waals surface area contributed by atoms with E-state index in [2.05, 4.69) is 38.1 Å². The first kappa shape index (κ1) is 14.5. The monoisotopic (exact) mass is 278 g/mol. The molecule has 1 aromatic carbocycles. The van der Waals surface area contributed by atoms with Crippen LogP contribution in [0.5, 0.6) is 5.75 Å². The van der Waals surface area contributed by atoms with Gasteiger partial charge in [0.25, 0.3) is 0 Å². The molecular weight excluding hydrogens is 256 g/mol. The van der Waals surface area contributed by atoms with Gasteiger partial charge in [0, 0.05) is 0 Å². The third-order valence-corrected chi connectivity index (χ3v) is 3.66. The highest BCUT2D eigenvalue weighted by molar-refractivity contribution is 6.22. The van der Waals surface area contributed by atoms with Crippen LogP contribution in [-0.4, -0.2) is 11.5 Å². The number of allylic oxidation sites excluding steroid dienone is 2. The number of alkyl halides is 1. The average molecular weight is 279 g/mol. The van der Waals surface area contributed by atoms with Gasteiger partial charge in [-0.05, 0) is 55.4 Å². The van der Waals surface area contributed by atoms with Crippen LogP contribution >= 0.6 is 11.6 Å². The molecule has 0 aliphatic heterocycles. The lowest BCUT2D eigenvalue weighted by molar-refractivity contribution is 0.242. The Bertz CT molecular complexity index is 474. The molecule has 1 aromatic rings. The van der Waals surface area contributed by atoms with Crippen LogP contribution in [0.2, 0.25) is 0 Å². The zero-order chi connectivity index (χ0) is 14.0. The van der Waals surface area contributed by atoms with Crippen molar-refractivity contribution in [2.45, 2.75) is 52.0 Å². The van der Waals surface area contributed by atoms with Crippen molar-refractivity contribution in [3.63, 3.8) is 0 Å². The maximum Gasteiger partial charge on any atom is 0.120 e. The predicted octanol–water partition coefficient (Wildman–Crippen LogP) is 5.28. The minimum Gasteiger partial charge on any atom is -0.491 e. The van der Waals surface area contributed by atoms with Gasteiger partial charge >= 0.3 is 0 Å². The highest BCUT2D eigenvalue weighted by Crippen LogP contribution is 2.41. The van der Waals surface area contributed by atoms with Crippen LogP contribution in [0.4, 0.5) is 0 Å². The van der Waals surface area contributed by atoms with E-state index in [1.54, 1.807) is 0 Å². The maximum atomic E-state index is 6.36. The smallest absolute Gasteiger partial charge is 0.120 e. The summed E-state index contributed by atoms with van der Waals surface area (Å²) in [6.07, 6.45) is 4.51. The van der Waals surface area contributed by atoms with Gasteiger partial charge in [-0.15, -0.1) is 11.6 Å². The first-order valence-corrected chi connectivity index (χ1v) is 7.41. The van der Waals surface area contributed by atoms with Crippen LogP contribution in [0.15, 0.2) is 30.3 Å². The molecule has 0 aromatic heterocycles. The molecule has 0 N–H and O–H groups in total. The summed E-state index contributed by atoms with van der Waals surface area (Å²) in [4.78, 5) is 0. The number of ether oxygens (including phenoxy) is 1. The van der Waals surface area contributed by atoms with E-state index in [1.807, 2.05) is 19.9 Å². The Hall–Kier alpha value is -0.950. The molecular formula is C17H23ClO. The molecule has 104 valence electrons. The van der Waals surface area contributed by atoms with Crippen molar-refractivity contribution in [2.75, 3.05) is 0 Å². The third kappa shape index (κ3) is 4.01. The van der Waals surface area contributed by atoms with Crippen LogP contribution in [0.3, 0.4) is 0 Å².